The van der Waals surface area contributed by atoms with Crippen molar-refractivity contribution in [1.82, 2.24) is 14.5 Å². The van der Waals surface area contributed by atoms with Gasteiger partial charge in [-0.2, -0.15) is 4.98 Å². The molecule has 1 unspecified atom stereocenters. The lowest BCUT2D eigenvalue weighted by atomic mass is 10.2. The maximum absolute atomic E-state index is 13.4. The van der Waals surface area contributed by atoms with E-state index in [9.17, 15) is 15.0 Å². The minimum absolute atomic E-state index is 0.0959. The fourth-order valence-electron chi connectivity index (χ4n) is 3.66. The Labute approximate surface area is 196 Å². The molecule has 1 aromatic heterocycles. The first-order valence-corrected chi connectivity index (χ1v) is 10.8. The number of carbonyl (C=O) groups is 1. The number of benzene rings is 2. The zero-order valence-electron chi connectivity index (χ0n) is 18.3. The first kappa shape index (κ1) is 22.9. The van der Waals surface area contributed by atoms with Crippen molar-refractivity contribution in [3.05, 3.63) is 64.8 Å². The van der Waals surface area contributed by atoms with Crippen molar-refractivity contribution >= 4 is 23.3 Å². The van der Waals surface area contributed by atoms with Gasteiger partial charge in [0.25, 0.3) is 5.91 Å². The van der Waals surface area contributed by atoms with Crippen LogP contribution in [0.1, 0.15) is 22.5 Å². The summed E-state index contributed by atoms with van der Waals surface area (Å²) in [5.41, 5.74) is 1.17. The Morgan fingerprint density at radius 2 is 1.88 bits per heavy atom. The van der Waals surface area contributed by atoms with Gasteiger partial charge in [-0.05, 0) is 36.2 Å². The molecule has 2 heterocycles. The number of halogens is 1. The van der Waals surface area contributed by atoms with Crippen LogP contribution in [-0.2, 0) is 6.54 Å². The van der Waals surface area contributed by atoms with Crippen LogP contribution in [-0.4, -0.2) is 64.2 Å². The molecule has 0 saturated carbocycles. The van der Waals surface area contributed by atoms with E-state index in [0.29, 0.717) is 35.3 Å². The fourth-order valence-corrected chi connectivity index (χ4v) is 3.79. The third-order valence-electron chi connectivity index (χ3n) is 5.40. The van der Waals surface area contributed by atoms with E-state index in [1.807, 2.05) is 12.1 Å². The number of anilines is 1. The van der Waals surface area contributed by atoms with E-state index < -0.39 is 12.3 Å². The molecule has 1 atom stereocenters. The first-order valence-electron chi connectivity index (χ1n) is 10.4. The van der Waals surface area contributed by atoms with E-state index in [1.54, 1.807) is 55.1 Å². The topological polar surface area (TPSA) is 100 Å². The maximum Gasteiger partial charge on any atom is 0.304 e. The number of ether oxygens (including phenoxy) is 2. The summed E-state index contributed by atoms with van der Waals surface area (Å²) >= 11 is 6.03. The average molecular weight is 473 g/mol. The smallest absolute Gasteiger partial charge is 0.304 e. The number of aliphatic hydroxyl groups excluding tert-OH is 2. The highest BCUT2D eigenvalue weighted by molar-refractivity contribution is 6.30. The lowest BCUT2D eigenvalue weighted by molar-refractivity contribution is 0.00112. The maximum atomic E-state index is 13.4. The predicted molar refractivity (Wildman–Crippen MR) is 123 cm³/mol. The van der Waals surface area contributed by atoms with Gasteiger partial charge >= 0.3 is 6.01 Å². The summed E-state index contributed by atoms with van der Waals surface area (Å²) in [5, 5.41) is 20.5. The number of nitrogens with zero attached hydrogens (tertiary/aromatic N) is 4. The molecule has 0 radical (unpaired) electrons. The molecule has 33 heavy (non-hydrogen) atoms. The number of amides is 1. The highest BCUT2D eigenvalue weighted by Crippen LogP contribution is 2.35. The van der Waals surface area contributed by atoms with Gasteiger partial charge in [-0.3, -0.25) is 14.3 Å². The molecular weight excluding hydrogens is 448 g/mol. The number of aromatic nitrogens is 2. The second-order valence-corrected chi connectivity index (χ2v) is 8.03. The van der Waals surface area contributed by atoms with Gasteiger partial charge in [0.05, 0.1) is 13.7 Å². The molecule has 3 aromatic rings. The SMILES string of the molecule is COc1cccc(Oc2nc3c(n2Cc2ccc(Cl)cc2)C(=O)N(CCCO)C(O)N3C)c1. The van der Waals surface area contributed by atoms with Gasteiger partial charge in [-0.25, -0.2) is 0 Å². The zero-order chi connectivity index (χ0) is 23.5. The Bertz CT molecular complexity index is 1130. The number of aliphatic hydroxyl groups is 2. The van der Waals surface area contributed by atoms with Crippen molar-refractivity contribution in [1.29, 1.82) is 0 Å². The summed E-state index contributed by atoms with van der Waals surface area (Å²) in [7, 11) is 3.21. The number of carbonyl (C=O) groups excluding carboxylic acids is 1. The van der Waals surface area contributed by atoms with E-state index in [4.69, 9.17) is 21.1 Å². The molecule has 2 N–H and O–H groups in total. The molecule has 0 bridgehead atoms. The van der Waals surface area contributed by atoms with E-state index >= 15 is 0 Å². The lowest BCUT2D eigenvalue weighted by Crippen LogP contribution is -2.54. The van der Waals surface area contributed by atoms with Gasteiger partial charge in [0.2, 0.25) is 6.35 Å². The fraction of sp³-hybridized carbons (Fsp3) is 0.304. The van der Waals surface area contributed by atoms with E-state index in [2.05, 4.69) is 4.98 Å². The summed E-state index contributed by atoms with van der Waals surface area (Å²) in [6.07, 6.45) is -0.870. The highest BCUT2D eigenvalue weighted by Gasteiger charge is 2.40. The number of imidazole rings is 1. The summed E-state index contributed by atoms with van der Waals surface area (Å²) in [6.45, 7) is 0.391. The summed E-state index contributed by atoms with van der Waals surface area (Å²) in [5.74, 6) is 1.01. The molecule has 9 nitrogen and oxygen atoms in total. The monoisotopic (exact) mass is 472 g/mol. The molecule has 10 heteroatoms. The molecule has 0 aliphatic carbocycles. The Kier molecular flexibility index (Phi) is 6.73. The van der Waals surface area contributed by atoms with Gasteiger partial charge < -0.3 is 24.6 Å². The van der Waals surface area contributed by atoms with Crippen molar-refractivity contribution in [2.75, 3.05) is 32.2 Å². The van der Waals surface area contributed by atoms with E-state index in [0.717, 1.165) is 5.56 Å². The molecule has 174 valence electrons. The molecular formula is C23H25ClN4O5. The molecule has 1 amide bonds. The van der Waals surface area contributed by atoms with Crippen LogP contribution < -0.4 is 14.4 Å². The van der Waals surface area contributed by atoms with Crippen molar-refractivity contribution in [3.63, 3.8) is 0 Å². The summed E-state index contributed by atoms with van der Waals surface area (Å²) in [4.78, 5) is 20.8. The van der Waals surface area contributed by atoms with Crippen LogP contribution in [0.4, 0.5) is 5.82 Å². The number of hydrogen-bond acceptors (Lipinski definition) is 7. The second-order valence-electron chi connectivity index (χ2n) is 7.59. The number of hydrogen-bond donors (Lipinski definition) is 2. The van der Waals surface area contributed by atoms with Crippen LogP contribution in [0.3, 0.4) is 0 Å². The molecule has 1 aliphatic heterocycles. The first-order chi connectivity index (χ1) is 15.9. The molecule has 0 saturated heterocycles. The van der Waals surface area contributed by atoms with E-state index in [1.165, 1.54) is 9.80 Å². The number of rotatable bonds is 8. The largest absolute Gasteiger partial charge is 0.497 e. The quantitative estimate of drug-likeness (QED) is 0.520. The average Bonchev–Trinajstić information content (AvgIpc) is 3.17. The Morgan fingerprint density at radius 1 is 1.15 bits per heavy atom. The third-order valence-corrected chi connectivity index (χ3v) is 5.65. The van der Waals surface area contributed by atoms with Gasteiger partial charge in [-0.1, -0.05) is 29.8 Å². The van der Waals surface area contributed by atoms with Gasteiger partial charge in [0.1, 0.15) is 11.5 Å². The summed E-state index contributed by atoms with van der Waals surface area (Å²) < 4.78 is 13.0. The molecule has 4 rings (SSSR count). The number of methoxy groups -OCH3 is 1. The Morgan fingerprint density at radius 3 is 2.58 bits per heavy atom. The Hall–Kier alpha value is -3.27. The normalized spacial score (nSPS) is 15.5. The highest BCUT2D eigenvalue weighted by atomic mass is 35.5. The Balaban J connectivity index is 1.79. The van der Waals surface area contributed by atoms with Gasteiger partial charge in [-0.15, -0.1) is 0 Å². The standard InChI is InChI=1S/C23H25ClN4O5/c1-26-20-19(21(30)27(23(26)31)11-4-12-29)28(14-15-7-9-16(24)10-8-15)22(25-20)33-18-6-3-5-17(13-18)32-2/h3,5-10,13,23,29,31H,4,11-12,14H2,1-2H3. The minimum atomic E-state index is -1.21. The molecule has 0 spiro atoms. The van der Waals surface area contributed by atoms with Crippen molar-refractivity contribution in [3.8, 4) is 17.5 Å². The van der Waals surface area contributed by atoms with Crippen LogP contribution in [0.25, 0.3) is 0 Å². The summed E-state index contributed by atoms with van der Waals surface area (Å²) in [6, 6.07) is 14.5. The van der Waals surface area contributed by atoms with Crippen LogP contribution in [0, 0.1) is 0 Å². The number of fused-ring (bicyclic) bond motifs is 1. The second kappa shape index (κ2) is 9.70. The van der Waals surface area contributed by atoms with Gasteiger partial charge in [0.15, 0.2) is 11.5 Å². The van der Waals surface area contributed by atoms with Crippen molar-refractivity contribution in [2.24, 2.45) is 0 Å². The van der Waals surface area contributed by atoms with Crippen LogP contribution in [0.15, 0.2) is 48.5 Å². The third kappa shape index (κ3) is 4.61. The van der Waals surface area contributed by atoms with E-state index in [-0.39, 0.29) is 24.9 Å². The molecule has 2 aromatic carbocycles. The van der Waals surface area contributed by atoms with Crippen molar-refractivity contribution in [2.45, 2.75) is 19.3 Å². The molecule has 1 aliphatic rings. The van der Waals surface area contributed by atoms with Crippen LogP contribution in [0.2, 0.25) is 5.02 Å². The lowest BCUT2D eigenvalue weighted by Gasteiger charge is -2.38. The molecule has 0 fully saturated rings. The minimum Gasteiger partial charge on any atom is -0.497 e. The van der Waals surface area contributed by atoms with Crippen LogP contribution in [0.5, 0.6) is 17.5 Å². The van der Waals surface area contributed by atoms with Crippen molar-refractivity contribution < 1.29 is 24.5 Å². The predicted octanol–water partition coefficient (Wildman–Crippen LogP) is 2.94. The van der Waals surface area contributed by atoms with Gasteiger partial charge in [0, 0.05) is 31.3 Å². The van der Waals surface area contributed by atoms with Crippen LogP contribution >= 0.6 is 11.6 Å². The zero-order valence-corrected chi connectivity index (χ0v) is 19.1.